The molecule has 2 amide bonds. The van der Waals surface area contributed by atoms with Gasteiger partial charge in [-0.05, 0) is 49.9 Å². The highest BCUT2D eigenvalue weighted by Crippen LogP contribution is 2.37. The summed E-state index contributed by atoms with van der Waals surface area (Å²) in [6.07, 6.45) is 0.829. The minimum absolute atomic E-state index is 0.0524. The van der Waals surface area contributed by atoms with Crippen molar-refractivity contribution in [3.8, 4) is 0 Å². The molecule has 2 fully saturated rings. The molecule has 2 N–H and O–H groups in total. The Labute approximate surface area is 160 Å². The van der Waals surface area contributed by atoms with E-state index in [9.17, 15) is 18.0 Å². The summed E-state index contributed by atoms with van der Waals surface area (Å²) >= 11 is 0. The molecule has 4 rings (SSSR count). The van der Waals surface area contributed by atoms with Crippen LogP contribution in [-0.4, -0.2) is 29.1 Å². The van der Waals surface area contributed by atoms with Crippen molar-refractivity contribution in [1.82, 2.24) is 10.2 Å². The predicted molar refractivity (Wildman–Crippen MR) is 97.7 cm³/mol. The number of halogens is 3. The smallest absolute Gasteiger partial charge is 0.418 e. The Kier molecular flexibility index (Phi) is 5.05. The lowest BCUT2D eigenvalue weighted by molar-refractivity contribution is -0.136. The van der Waals surface area contributed by atoms with Gasteiger partial charge in [0.2, 0.25) is 0 Å². The Balaban J connectivity index is 1.36. The molecule has 2 aliphatic rings. The zero-order valence-corrected chi connectivity index (χ0v) is 15.2. The summed E-state index contributed by atoms with van der Waals surface area (Å²) < 4.78 is 44.7. The lowest BCUT2D eigenvalue weighted by Gasteiger charge is -2.38. The van der Waals surface area contributed by atoms with Gasteiger partial charge >= 0.3 is 12.2 Å². The quantitative estimate of drug-likeness (QED) is 0.797. The van der Waals surface area contributed by atoms with E-state index in [1.54, 1.807) is 6.26 Å². The number of anilines is 1. The van der Waals surface area contributed by atoms with Crippen LogP contribution < -0.4 is 10.6 Å². The first-order valence-electron chi connectivity index (χ1n) is 9.42. The van der Waals surface area contributed by atoms with Crippen LogP contribution in [0.4, 0.5) is 23.7 Å². The number of urea groups is 1. The van der Waals surface area contributed by atoms with Crippen molar-refractivity contribution in [2.24, 2.45) is 0 Å². The maximum absolute atomic E-state index is 13.1. The summed E-state index contributed by atoms with van der Waals surface area (Å²) in [5.41, 5.74) is -1.08. The summed E-state index contributed by atoms with van der Waals surface area (Å²) in [6, 6.07) is 8.86. The molecule has 28 heavy (non-hydrogen) atoms. The molecule has 0 radical (unpaired) electrons. The first-order valence-corrected chi connectivity index (χ1v) is 9.42. The minimum Gasteiger partial charge on any atom is -0.468 e. The fourth-order valence-corrected chi connectivity index (χ4v) is 4.42. The van der Waals surface area contributed by atoms with Crippen LogP contribution in [-0.2, 0) is 12.7 Å². The molecule has 2 aliphatic heterocycles. The van der Waals surface area contributed by atoms with E-state index < -0.39 is 17.8 Å². The van der Waals surface area contributed by atoms with E-state index in [2.05, 4.69) is 15.5 Å². The summed E-state index contributed by atoms with van der Waals surface area (Å²) in [6.45, 7) is 0.750. The second-order valence-electron chi connectivity index (χ2n) is 7.45. The fraction of sp³-hybridized carbons (Fsp3) is 0.450. The van der Waals surface area contributed by atoms with Gasteiger partial charge in [-0.15, -0.1) is 0 Å². The Morgan fingerprint density at radius 1 is 1.11 bits per heavy atom. The van der Waals surface area contributed by atoms with Gasteiger partial charge in [0.25, 0.3) is 0 Å². The van der Waals surface area contributed by atoms with Crippen molar-refractivity contribution in [2.45, 2.75) is 56.5 Å². The standard InChI is InChI=1S/C20H22F3N3O2/c21-20(22,23)17-5-1-2-6-18(17)25-19(27)24-13-10-14-7-8-15(11-13)26(14)12-16-4-3-9-28-16/h1-6,9,13-15H,7-8,10-12H2,(H2,24,25,27)/t14-,15-/m1/s1. The van der Waals surface area contributed by atoms with Gasteiger partial charge in [-0.3, -0.25) is 4.90 Å². The van der Waals surface area contributed by atoms with E-state index in [1.165, 1.54) is 18.2 Å². The lowest BCUT2D eigenvalue weighted by atomic mass is 9.97. The predicted octanol–water partition coefficient (Wildman–Crippen LogP) is 4.62. The average Bonchev–Trinajstić information content (AvgIpc) is 3.21. The van der Waals surface area contributed by atoms with E-state index in [1.807, 2.05) is 12.1 Å². The number of benzene rings is 1. The number of nitrogens with zero attached hydrogens (tertiary/aromatic N) is 1. The van der Waals surface area contributed by atoms with E-state index >= 15 is 0 Å². The van der Waals surface area contributed by atoms with Crippen LogP contribution in [0.25, 0.3) is 0 Å². The van der Waals surface area contributed by atoms with Crippen LogP contribution in [0, 0.1) is 0 Å². The molecule has 2 aromatic rings. The molecule has 0 unspecified atom stereocenters. The molecule has 1 aromatic heterocycles. The molecule has 2 bridgehead atoms. The number of carbonyl (C=O) groups is 1. The maximum atomic E-state index is 13.1. The second kappa shape index (κ2) is 7.50. The molecular weight excluding hydrogens is 371 g/mol. The van der Waals surface area contributed by atoms with Gasteiger partial charge in [0.05, 0.1) is 24.1 Å². The highest BCUT2D eigenvalue weighted by molar-refractivity contribution is 5.90. The van der Waals surface area contributed by atoms with Gasteiger partial charge in [-0.2, -0.15) is 13.2 Å². The maximum Gasteiger partial charge on any atom is 0.418 e. The Hall–Kier alpha value is -2.48. The summed E-state index contributed by atoms with van der Waals surface area (Å²) in [5, 5.41) is 5.22. The van der Waals surface area contributed by atoms with Gasteiger partial charge in [-0.1, -0.05) is 12.1 Å². The SMILES string of the molecule is O=C(Nc1ccccc1C(F)(F)F)NC1C[C@H]2CC[C@H](C1)N2Cc1ccco1. The third-order valence-electron chi connectivity index (χ3n) is 5.62. The molecule has 150 valence electrons. The highest BCUT2D eigenvalue weighted by Gasteiger charge is 2.41. The number of furan rings is 1. The molecule has 1 aromatic carbocycles. The van der Waals surface area contributed by atoms with Crippen LogP contribution >= 0.6 is 0 Å². The molecule has 0 spiro atoms. The molecular formula is C20H22F3N3O2. The number of carbonyl (C=O) groups excluding carboxylic acids is 1. The van der Waals surface area contributed by atoms with E-state index in [-0.39, 0.29) is 11.7 Å². The van der Waals surface area contributed by atoms with E-state index in [0.29, 0.717) is 12.1 Å². The van der Waals surface area contributed by atoms with Crippen LogP contribution in [0.3, 0.4) is 0 Å². The van der Waals surface area contributed by atoms with Crippen LogP contribution in [0.15, 0.2) is 47.1 Å². The Morgan fingerprint density at radius 2 is 1.82 bits per heavy atom. The number of hydrogen-bond donors (Lipinski definition) is 2. The molecule has 5 nitrogen and oxygen atoms in total. The lowest BCUT2D eigenvalue weighted by Crippen LogP contribution is -2.50. The minimum atomic E-state index is -4.51. The van der Waals surface area contributed by atoms with Crippen molar-refractivity contribution in [3.63, 3.8) is 0 Å². The number of amides is 2. The third-order valence-corrected chi connectivity index (χ3v) is 5.62. The summed E-state index contributed by atoms with van der Waals surface area (Å²) in [7, 11) is 0. The van der Waals surface area contributed by atoms with Gasteiger partial charge in [-0.25, -0.2) is 4.79 Å². The Bertz CT molecular complexity index is 808. The number of piperidine rings is 1. The fourth-order valence-electron chi connectivity index (χ4n) is 4.42. The monoisotopic (exact) mass is 393 g/mol. The molecule has 0 aliphatic carbocycles. The zero-order chi connectivity index (χ0) is 19.7. The zero-order valence-electron chi connectivity index (χ0n) is 15.2. The number of fused-ring (bicyclic) bond motifs is 2. The topological polar surface area (TPSA) is 57.5 Å². The molecule has 2 atom stereocenters. The van der Waals surface area contributed by atoms with Gasteiger partial charge in [0.15, 0.2) is 0 Å². The normalized spacial score (nSPS) is 24.9. The number of para-hydroxylation sites is 1. The van der Waals surface area contributed by atoms with Crippen molar-refractivity contribution >= 4 is 11.7 Å². The average molecular weight is 393 g/mol. The number of nitrogens with one attached hydrogen (secondary N) is 2. The molecule has 3 heterocycles. The second-order valence-corrected chi connectivity index (χ2v) is 7.45. The van der Waals surface area contributed by atoms with E-state index in [0.717, 1.165) is 44.1 Å². The highest BCUT2D eigenvalue weighted by atomic mass is 19.4. The van der Waals surface area contributed by atoms with Crippen molar-refractivity contribution in [3.05, 3.63) is 54.0 Å². The van der Waals surface area contributed by atoms with E-state index in [4.69, 9.17) is 4.42 Å². The number of alkyl halides is 3. The molecule has 2 saturated heterocycles. The number of hydrogen-bond acceptors (Lipinski definition) is 3. The Morgan fingerprint density at radius 3 is 2.46 bits per heavy atom. The summed E-state index contributed by atoms with van der Waals surface area (Å²) in [4.78, 5) is 14.7. The van der Waals surface area contributed by atoms with Crippen LogP contribution in [0.1, 0.15) is 37.0 Å². The number of rotatable bonds is 4. The molecule has 0 saturated carbocycles. The van der Waals surface area contributed by atoms with Crippen molar-refractivity contribution in [2.75, 3.05) is 5.32 Å². The molecule has 8 heteroatoms. The van der Waals surface area contributed by atoms with Crippen molar-refractivity contribution < 1.29 is 22.4 Å². The first kappa shape index (κ1) is 18.9. The van der Waals surface area contributed by atoms with Gasteiger partial charge in [0.1, 0.15) is 5.76 Å². The van der Waals surface area contributed by atoms with Gasteiger partial charge < -0.3 is 15.1 Å². The van der Waals surface area contributed by atoms with Crippen LogP contribution in [0.2, 0.25) is 0 Å². The third kappa shape index (κ3) is 4.01. The van der Waals surface area contributed by atoms with Crippen molar-refractivity contribution in [1.29, 1.82) is 0 Å². The summed E-state index contributed by atoms with van der Waals surface area (Å²) in [5.74, 6) is 0.921. The van der Waals surface area contributed by atoms with Crippen LogP contribution in [0.5, 0.6) is 0 Å². The largest absolute Gasteiger partial charge is 0.468 e. The first-order chi connectivity index (χ1) is 13.4. The van der Waals surface area contributed by atoms with Gasteiger partial charge in [0, 0.05) is 18.1 Å².